The number of ether oxygens (including phenoxy) is 1. The minimum Gasteiger partial charge on any atom is -0.426 e. The van der Waals surface area contributed by atoms with Crippen LogP contribution >= 0.6 is 12.2 Å². The molecule has 5 heteroatoms. The molecule has 0 spiro atoms. The lowest BCUT2D eigenvalue weighted by Crippen LogP contribution is -2.22. The van der Waals surface area contributed by atoms with Crippen molar-refractivity contribution in [3.63, 3.8) is 0 Å². The molecule has 2 heterocycles. The predicted octanol–water partition coefficient (Wildman–Crippen LogP) is 3.93. The van der Waals surface area contributed by atoms with Crippen LogP contribution in [0.4, 0.5) is 0 Å². The maximum atomic E-state index is 12.2. The Hall–Kier alpha value is -2.66. The van der Waals surface area contributed by atoms with Crippen LogP contribution in [0.15, 0.2) is 48.2 Å². The lowest BCUT2D eigenvalue weighted by Gasteiger charge is -2.06. The number of hydrogen-bond acceptors (Lipinski definition) is 3. The first-order valence-electron chi connectivity index (χ1n) is 7.83. The molecule has 3 aromatic rings. The van der Waals surface area contributed by atoms with Crippen LogP contribution in [0.25, 0.3) is 27.9 Å². The van der Waals surface area contributed by atoms with Crippen LogP contribution in [0.2, 0.25) is 0 Å². The number of fused-ring (bicyclic) bond motifs is 3. The van der Waals surface area contributed by atoms with Crippen molar-refractivity contribution in [2.45, 2.75) is 13.5 Å². The molecule has 24 heavy (non-hydrogen) atoms. The fourth-order valence-electron chi connectivity index (χ4n) is 3.27. The molecule has 0 atom stereocenters. The summed E-state index contributed by atoms with van der Waals surface area (Å²) in [5.74, 6) is 0.0547. The third kappa shape index (κ3) is 2.05. The minimum absolute atomic E-state index is 0.189. The lowest BCUT2D eigenvalue weighted by molar-refractivity contribution is -0.122. The van der Waals surface area contributed by atoms with E-state index in [-0.39, 0.29) is 16.8 Å². The van der Waals surface area contributed by atoms with Crippen LogP contribution in [-0.4, -0.2) is 27.6 Å². The highest BCUT2D eigenvalue weighted by molar-refractivity contribution is 7.80. The Bertz CT molecular complexity index is 1030. The number of thiocarbonyl (C=S) groups is 1. The Kier molecular flexibility index (Phi) is 3.39. The summed E-state index contributed by atoms with van der Waals surface area (Å²) < 4.78 is 7.71. The number of aromatic nitrogens is 1. The van der Waals surface area contributed by atoms with Gasteiger partial charge in [-0.2, -0.15) is 0 Å². The summed E-state index contributed by atoms with van der Waals surface area (Å²) in [6.45, 7) is 2.97. The smallest absolute Gasteiger partial charge is 0.296 e. The van der Waals surface area contributed by atoms with E-state index in [0.717, 1.165) is 17.6 Å². The first kappa shape index (κ1) is 14.9. The van der Waals surface area contributed by atoms with Crippen LogP contribution in [0, 0.1) is 0 Å². The summed E-state index contributed by atoms with van der Waals surface area (Å²) in [7, 11) is 1.62. The van der Waals surface area contributed by atoms with Gasteiger partial charge in [-0.25, -0.2) is 0 Å². The van der Waals surface area contributed by atoms with Crippen LogP contribution in [0.1, 0.15) is 12.5 Å². The average molecular weight is 336 g/mol. The van der Waals surface area contributed by atoms with E-state index < -0.39 is 0 Å². The number of likely N-dealkylation sites (N-methyl/N-ethyl adjacent to an activating group) is 1. The van der Waals surface area contributed by atoms with Gasteiger partial charge in [0.15, 0.2) is 5.76 Å². The summed E-state index contributed by atoms with van der Waals surface area (Å²) in [4.78, 5) is 13.6. The average Bonchev–Trinajstić information content (AvgIpc) is 3.05. The van der Waals surface area contributed by atoms with Gasteiger partial charge in [-0.3, -0.25) is 9.69 Å². The van der Waals surface area contributed by atoms with E-state index >= 15 is 0 Å². The normalized spacial score (nSPS) is 16.6. The summed E-state index contributed by atoms with van der Waals surface area (Å²) in [5.41, 5.74) is 3.24. The molecule has 0 unspecified atom stereocenters. The second kappa shape index (κ2) is 5.46. The van der Waals surface area contributed by atoms with E-state index in [1.54, 1.807) is 13.1 Å². The zero-order valence-corrected chi connectivity index (χ0v) is 14.3. The van der Waals surface area contributed by atoms with Crippen LogP contribution < -0.4 is 0 Å². The number of rotatable bonds is 2. The molecule has 1 fully saturated rings. The van der Waals surface area contributed by atoms with Crippen molar-refractivity contribution in [1.82, 2.24) is 9.47 Å². The molecule has 120 valence electrons. The molecule has 1 aliphatic heterocycles. The molecule has 4 rings (SSSR count). The third-order valence-corrected chi connectivity index (χ3v) is 4.77. The van der Waals surface area contributed by atoms with Crippen molar-refractivity contribution in [1.29, 1.82) is 0 Å². The van der Waals surface area contributed by atoms with Gasteiger partial charge in [0.05, 0.1) is 5.52 Å². The summed E-state index contributed by atoms with van der Waals surface area (Å²) in [5, 5.41) is 2.57. The molecule has 0 saturated carbocycles. The molecule has 0 bridgehead atoms. The Morgan fingerprint density at radius 2 is 1.88 bits per heavy atom. The SMILES string of the molecule is CCn1c2ccccc2c2cccc(/C=C3\OC(=S)N(C)C3=O)c21. The Morgan fingerprint density at radius 3 is 2.58 bits per heavy atom. The highest BCUT2D eigenvalue weighted by atomic mass is 32.1. The van der Waals surface area contributed by atoms with E-state index in [2.05, 4.69) is 29.7 Å². The Morgan fingerprint density at radius 1 is 1.12 bits per heavy atom. The molecule has 0 radical (unpaired) electrons. The molecule has 0 aliphatic carbocycles. The van der Waals surface area contributed by atoms with Gasteiger partial charge < -0.3 is 9.30 Å². The van der Waals surface area contributed by atoms with Crippen LogP contribution in [-0.2, 0) is 16.1 Å². The third-order valence-electron chi connectivity index (χ3n) is 4.41. The van der Waals surface area contributed by atoms with Gasteiger partial charge in [-0.15, -0.1) is 0 Å². The van der Waals surface area contributed by atoms with Crippen molar-refractivity contribution in [3.05, 3.63) is 53.8 Å². The number of carbonyl (C=O) groups is 1. The maximum absolute atomic E-state index is 12.2. The quantitative estimate of drug-likeness (QED) is 0.525. The van der Waals surface area contributed by atoms with E-state index in [1.165, 1.54) is 21.2 Å². The van der Waals surface area contributed by atoms with Gasteiger partial charge in [0.1, 0.15) is 0 Å². The van der Waals surface area contributed by atoms with E-state index in [9.17, 15) is 4.79 Å². The number of nitrogens with zero attached hydrogens (tertiary/aromatic N) is 2. The molecular formula is C19H16N2O2S. The molecule has 2 aromatic carbocycles. The zero-order valence-electron chi connectivity index (χ0n) is 13.4. The fourth-order valence-corrected chi connectivity index (χ4v) is 3.44. The Balaban J connectivity index is 2.01. The van der Waals surface area contributed by atoms with E-state index in [4.69, 9.17) is 17.0 Å². The van der Waals surface area contributed by atoms with Crippen LogP contribution in [0.3, 0.4) is 0 Å². The molecular weight excluding hydrogens is 320 g/mol. The van der Waals surface area contributed by atoms with Crippen molar-refractivity contribution in [3.8, 4) is 0 Å². The Labute approximate surface area is 144 Å². The van der Waals surface area contributed by atoms with Gasteiger partial charge in [0.2, 0.25) is 0 Å². The number of aryl methyl sites for hydroxylation is 1. The zero-order chi connectivity index (χ0) is 16.8. The van der Waals surface area contributed by atoms with E-state index in [0.29, 0.717) is 0 Å². The second-order valence-electron chi connectivity index (χ2n) is 5.75. The van der Waals surface area contributed by atoms with Gasteiger partial charge in [0.25, 0.3) is 11.1 Å². The number of hydrogen-bond donors (Lipinski definition) is 0. The maximum Gasteiger partial charge on any atom is 0.296 e. The number of amides is 1. The van der Waals surface area contributed by atoms with Gasteiger partial charge in [-0.05, 0) is 31.3 Å². The molecule has 0 N–H and O–H groups in total. The summed E-state index contributed by atoms with van der Waals surface area (Å²) >= 11 is 5.05. The highest BCUT2D eigenvalue weighted by Gasteiger charge is 2.30. The van der Waals surface area contributed by atoms with Gasteiger partial charge >= 0.3 is 0 Å². The first-order valence-corrected chi connectivity index (χ1v) is 8.24. The number of para-hydroxylation sites is 2. The first-order chi connectivity index (χ1) is 11.6. The van der Waals surface area contributed by atoms with Crippen LogP contribution in [0.5, 0.6) is 0 Å². The molecule has 1 amide bonds. The molecule has 1 aromatic heterocycles. The second-order valence-corrected chi connectivity index (χ2v) is 6.09. The summed E-state index contributed by atoms with van der Waals surface area (Å²) in [6.07, 6.45) is 1.78. The molecule has 1 saturated heterocycles. The summed E-state index contributed by atoms with van der Waals surface area (Å²) in [6, 6.07) is 14.4. The molecule has 1 aliphatic rings. The lowest BCUT2D eigenvalue weighted by atomic mass is 10.1. The van der Waals surface area contributed by atoms with Crippen molar-refractivity contribution < 1.29 is 9.53 Å². The van der Waals surface area contributed by atoms with Crippen molar-refractivity contribution in [2.24, 2.45) is 0 Å². The standard InChI is InChI=1S/C19H16N2O2S/c1-3-21-15-10-5-4-8-13(15)14-9-6-7-12(17(14)21)11-16-18(22)20(2)19(24)23-16/h4-11H,3H2,1-2H3/b16-11-. The van der Waals surface area contributed by atoms with Gasteiger partial charge in [0, 0.05) is 35.4 Å². The van der Waals surface area contributed by atoms with E-state index in [1.807, 2.05) is 24.3 Å². The molecule has 4 nitrogen and oxygen atoms in total. The highest BCUT2D eigenvalue weighted by Crippen LogP contribution is 2.32. The number of benzene rings is 2. The van der Waals surface area contributed by atoms with Crippen molar-refractivity contribution in [2.75, 3.05) is 7.05 Å². The monoisotopic (exact) mass is 336 g/mol. The fraction of sp³-hybridized carbons (Fsp3) is 0.158. The predicted molar refractivity (Wildman–Crippen MR) is 99.5 cm³/mol. The largest absolute Gasteiger partial charge is 0.426 e. The van der Waals surface area contributed by atoms with Crippen molar-refractivity contribution >= 4 is 51.2 Å². The minimum atomic E-state index is -0.212. The number of carbonyl (C=O) groups excluding carboxylic acids is 1. The van der Waals surface area contributed by atoms with Gasteiger partial charge in [-0.1, -0.05) is 36.4 Å². The topological polar surface area (TPSA) is 34.5 Å².